The van der Waals surface area contributed by atoms with Gasteiger partial charge in [0.2, 0.25) is 16.7 Å². The predicted octanol–water partition coefficient (Wildman–Crippen LogP) is 2.22. The zero-order chi connectivity index (χ0) is 21.4. The van der Waals surface area contributed by atoms with E-state index in [1.54, 1.807) is 24.0 Å². The summed E-state index contributed by atoms with van der Waals surface area (Å²) < 4.78 is 1.45. The van der Waals surface area contributed by atoms with Crippen LogP contribution in [-0.2, 0) is 11.2 Å². The van der Waals surface area contributed by atoms with Crippen LogP contribution in [-0.4, -0.2) is 66.5 Å². The summed E-state index contributed by atoms with van der Waals surface area (Å²) in [5, 5.41) is 26.3. The Bertz CT molecular complexity index is 1080. The number of carbonyl (C=O) groups excluding carboxylic acids is 1. The van der Waals surface area contributed by atoms with E-state index >= 15 is 0 Å². The van der Waals surface area contributed by atoms with Crippen molar-refractivity contribution in [2.24, 2.45) is 0 Å². The lowest BCUT2D eigenvalue weighted by Gasteiger charge is -2.38. The van der Waals surface area contributed by atoms with E-state index in [4.69, 9.17) is 0 Å². The number of non-ortho nitro benzene ring substituents is 1. The van der Waals surface area contributed by atoms with E-state index in [0.29, 0.717) is 48.3 Å². The standard InChI is InChI=1S/C19H22N6O4S/c1-3-15-20-19-24(21-15)18(27)17(30-19)16(13-4-6-14(7-5-13)25(28)29)23-10-8-22(9-11-23)12(2)26/h4-7,16,27H,3,8-11H2,1-2H3/t16-/m0/s1. The van der Waals surface area contributed by atoms with Crippen molar-refractivity contribution < 1.29 is 14.8 Å². The Kier molecular flexibility index (Phi) is 5.39. The summed E-state index contributed by atoms with van der Waals surface area (Å²) in [5.41, 5.74) is 0.839. The number of nitro groups is 1. The fourth-order valence-corrected chi connectivity index (χ4v) is 4.86. The van der Waals surface area contributed by atoms with Gasteiger partial charge in [0.1, 0.15) is 0 Å². The Morgan fingerprint density at radius 1 is 1.27 bits per heavy atom. The summed E-state index contributed by atoms with van der Waals surface area (Å²) in [5.74, 6) is 0.722. The van der Waals surface area contributed by atoms with E-state index in [1.807, 2.05) is 6.92 Å². The molecule has 1 saturated heterocycles. The number of aryl methyl sites for hydroxylation is 1. The lowest BCUT2D eigenvalue weighted by molar-refractivity contribution is -0.384. The predicted molar refractivity (Wildman–Crippen MR) is 111 cm³/mol. The lowest BCUT2D eigenvalue weighted by Crippen LogP contribution is -2.49. The molecule has 3 aromatic rings. The molecule has 30 heavy (non-hydrogen) atoms. The third-order valence-corrected chi connectivity index (χ3v) is 6.43. The van der Waals surface area contributed by atoms with Crippen LogP contribution in [0.4, 0.5) is 5.69 Å². The maximum atomic E-state index is 11.7. The summed E-state index contributed by atoms with van der Waals surface area (Å²) in [4.78, 5) is 32.0. The van der Waals surface area contributed by atoms with Crippen LogP contribution in [0.5, 0.6) is 5.88 Å². The quantitative estimate of drug-likeness (QED) is 0.487. The molecule has 1 atom stereocenters. The monoisotopic (exact) mass is 430 g/mol. The summed E-state index contributed by atoms with van der Waals surface area (Å²) in [7, 11) is 0. The second-order valence-corrected chi connectivity index (χ2v) is 8.17. The first-order chi connectivity index (χ1) is 14.4. The minimum atomic E-state index is -0.433. The molecule has 1 N–H and O–H groups in total. The van der Waals surface area contributed by atoms with Crippen molar-refractivity contribution in [1.29, 1.82) is 0 Å². The number of carbonyl (C=O) groups is 1. The van der Waals surface area contributed by atoms with Gasteiger partial charge in [0.25, 0.3) is 5.69 Å². The molecule has 0 saturated carbocycles. The van der Waals surface area contributed by atoms with Crippen molar-refractivity contribution in [3.8, 4) is 5.88 Å². The molecule has 11 heteroatoms. The Labute approximate surface area is 176 Å². The number of aromatic nitrogens is 3. The highest BCUT2D eigenvalue weighted by Gasteiger charge is 2.32. The number of nitro benzene ring substituents is 1. The average Bonchev–Trinajstić information content (AvgIpc) is 3.28. The largest absolute Gasteiger partial charge is 0.492 e. The molecule has 0 aliphatic carbocycles. The van der Waals surface area contributed by atoms with Gasteiger partial charge >= 0.3 is 0 Å². The summed E-state index contributed by atoms with van der Waals surface area (Å²) in [6.07, 6.45) is 0.669. The van der Waals surface area contributed by atoms with E-state index in [0.717, 1.165) is 5.56 Å². The fourth-order valence-electron chi connectivity index (χ4n) is 3.72. The topological polar surface area (TPSA) is 117 Å². The molecule has 4 rings (SSSR count). The molecule has 0 radical (unpaired) electrons. The molecule has 2 aromatic heterocycles. The summed E-state index contributed by atoms with van der Waals surface area (Å²) >= 11 is 1.36. The van der Waals surface area contributed by atoms with Crippen LogP contribution >= 0.6 is 11.3 Å². The molecule has 10 nitrogen and oxygen atoms in total. The van der Waals surface area contributed by atoms with Crippen molar-refractivity contribution in [2.45, 2.75) is 26.3 Å². The Hall–Kier alpha value is -3.05. The Morgan fingerprint density at radius 2 is 1.93 bits per heavy atom. The van der Waals surface area contributed by atoms with Crippen molar-refractivity contribution in [3.63, 3.8) is 0 Å². The Morgan fingerprint density at radius 3 is 2.47 bits per heavy atom. The van der Waals surface area contributed by atoms with Crippen LogP contribution in [0.3, 0.4) is 0 Å². The highest BCUT2D eigenvalue weighted by atomic mass is 32.1. The molecule has 1 amide bonds. The SMILES string of the molecule is CCc1nc2sc([C@H](c3ccc([N+](=O)[O-])cc3)N3CCN(C(C)=O)CC3)c(O)n2n1. The summed E-state index contributed by atoms with van der Waals surface area (Å²) in [6.45, 7) is 5.91. The third kappa shape index (κ3) is 3.61. The molecule has 1 aliphatic rings. The van der Waals surface area contributed by atoms with Gasteiger partial charge in [-0.15, -0.1) is 5.10 Å². The molecule has 1 aliphatic heterocycles. The van der Waals surface area contributed by atoms with Gasteiger partial charge in [-0.2, -0.15) is 4.52 Å². The first-order valence-corrected chi connectivity index (χ1v) is 10.5. The molecule has 1 aromatic carbocycles. The molecule has 0 spiro atoms. The second-order valence-electron chi connectivity index (χ2n) is 7.16. The number of hydrogen-bond donors (Lipinski definition) is 1. The van der Waals surface area contributed by atoms with Crippen LogP contribution in [0.15, 0.2) is 24.3 Å². The van der Waals surface area contributed by atoms with Gasteiger partial charge in [-0.05, 0) is 5.56 Å². The van der Waals surface area contributed by atoms with Gasteiger partial charge < -0.3 is 10.0 Å². The van der Waals surface area contributed by atoms with Crippen molar-refractivity contribution in [3.05, 3.63) is 50.6 Å². The number of rotatable bonds is 5. The van der Waals surface area contributed by atoms with E-state index in [-0.39, 0.29) is 23.5 Å². The number of aromatic hydroxyl groups is 1. The maximum absolute atomic E-state index is 11.7. The van der Waals surface area contributed by atoms with Gasteiger partial charge in [-0.3, -0.25) is 19.8 Å². The zero-order valence-corrected chi connectivity index (χ0v) is 17.5. The van der Waals surface area contributed by atoms with E-state index in [1.165, 1.54) is 28.0 Å². The first kappa shape index (κ1) is 20.2. The summed E-state index contributed by atoms with van der Waals surface area (Å²) in [6, 6.07) is 6.05. The van der Waals surface area contributed by atoms with E-state index < -0.39 is 4.92 Å². The smallest absolute Gasteiger partial charge is 0.269 e. The molecule has 3 heterocycles. The van der Waals surface area contributed by atoms with Crippen molar-refractivity contribution >= 4 is 27.9 Å². The molecular weight excluding hydrogens is 408 g/mol. The first-order valence-electron chi connectivity index (χ1n) is 9.70. The highest BCUT2D eigenvalue weighted by molar-refractivity contribution is 7.17. The number of piperazine rings is 1. The van der Waals surface area contributed by atoms with Crippen LogP contribution in [0.2, 0.25) is 0 Å². The van der Waals surface area contributed by atoms with Gasteiger partial charge in [0.05, 0.1) is 15.8 Å². The third-order valence-electron chi connectivity index (χ3n) is 5.35. The van der Waals surface area contributed by atoms with Gasteiger partial charge in [0.15, 0.2) is 5.82 Å². The minimum Gasteiger partial charge on any atom is -0.492 e. The number of nitrogens with zero attached hydrogens (tertiary/aromatic N) is 6. The van der Waals surface area contributed by atoms with Crippen LogP contribution < -0.4 is 0 Å². The van der Waals surface area contributed by atoms with Crippen LogP contribution in [0.1, 0.15) is 36.2 Å². The fraction of sp³-hybridized carbons (Fsp3) is 0.421. The number of thiazole rings is 1. The maximum Gasteiger partial charge on any atom is 0.269 e. The number of fused-ring (bicyclic) bond motifs is 1. The second kappa shape index (κ2) is 8.00. The highest BCUT2D eigenvalue weighted by Crippen LogP contribution is 2.40. The lowest BCUT2D eigenvalue weighted by atomic mass is 10.0. The van der Waals surface area contributed by atoms with E-state index in [9.17, 15) is 20.0 Å². The molecule has 0 bridgehead atoms. The number of amides is 1. The Balaban J connectivity index is 1.74. The number of benzene rings is 1. The van der Waals surface area contributed by atoms with Crippen molar-refractivity contribution in [1.82, 2.24) is 24.4 Å². The van der Waals surface area contributed by atoms with Crippen molar-refractivity contribution in [2.75, 3.05) is 26.2 Å². The average molecular weight is 430 g/mol. The van der Waals surface area contributed by atoms with Gasteiger partial charge in [0, 0.05) is 51.7 Å². The van der Waals surface area contributed by atoms with Crippen LogP contribution in [0, 0.1) is 10.1 Å². The zero-order valence-electron chi connectivity index (χ0n) is 16.7. The molecule has 0 unspecified atom stereocenters. The normalized spacial score (nSPS) is 16.1. The van der Waals surface area contributed by atoms with Crippen LogP contribution in [0.25, 0.3) is 4.96 Å². The van der Waals surface area contributed by atoms with Gasteiger partial charge in [-0.25, -0.2) is 4.98 Å². The molecular formula is C19H22N6O4S. The molecule has 158 valence electrons. The van der Waals surface area contributed by atoms with Gasteiger partial charge in [-0.1, -0.05) is 30.4 Å². The van der Waals surface area contributed by atoms with E-state index in [2.05, 4.69) is 15.0 Å². The minimum absolute atomic E-state index is 0.0124. The molecule has 1 fully saturated rings. The number of hydrogen-bond acceptors (Lipinski definition) is 8.